The highest BCUT2D eigenvalue weighted by Gasteiger charge is 2.26. The van der Waals surface area contributed by atoms with Crippen molar-refractivity contribution < 1.29 is 8.42 Å². The molecular formula is C15H21N3O2S. The Morgan fingerprint density at radius 1 is 1.33 bits per heavy atom. The molecular weight excluding hydrogens is 286 g/mol. The van der Waals surface area contributed by atoms with Crippen LogP contribution in [-0.2, 0) is 16.6 Å². The van der Waals surface area contributed by atoms with Crippen LogP contribution in [-0.4, -0.2) is 36.6 Å². The maximum atomic E-state index is 11.7. The number of hydrogen-bond donors (Lipinski definition) is 1. The summed E-state index contributed by atoms with van der Waals surface area (Å²) in [4.78, 5) is 0. The molecule has 1 saturated heterocycles. The quantitative estimate of drug-likeness (QED) is 0.881. The highest BCUT2D eigenvalue weighted by atomic mass is 32.2. The molecule has 3 rings (SSSR count). The molecule has 1 fully saturated rings. The first kappa shape index (κ1) is 14.4. The number of aromatic nitrogens is 1. The summed E-state index contributed by atoms with van der Waals surface area (Å²) in [5.41, 5.74) is 7.90. The van der Waals surface area contributed by atoms with E-state index < -0.39 is 10.0 Å². The van der Waals surface area contributed by atoms with Gasteiger partial charge in [0.15, 0.2) is 0 Å². The topological polar surface area (TPSA) is 68.3 Å². The number of nitrogen functional groups attached to an aromatic ring is 1. The van der Waals surface area contributed by atoms with Crippen LogP contribution < -0.4 is 5.73 Å². The Hall–Kier alpha value is -1.53. The van der Waals surface area contributed by atoms with E-state index in [1.54, 1.807) is 4.31 Å². The molecule has 2 heterocycles. The van der Waals surface area contributed by atoms with Crippen LogP contribution in [0, 0.1) is 5.92 Å². The van der Waals surface area contributed by atoms with Gasteiger partial charge in [-0.15, -0.1) is 0 Å². The van der Waals surface area contributed by atoms with Gasteiger partial charge in [-0.1, -0.05) is 12.1 Å². The van der Waals surface area contributed by atoms with E-state index in [1.807, 2.05) is 24.4 Å². The van der Waals surface area contributed by atoms with Crippen LogP contribution in [0.2, 0.25) is 0 Å². The molecule has 6 heteroatoms. The molecule has 2 aromatic rings. The number of piperidine rings is 1. The van der Waals surface area contributed by atoms with Gasteiger partial charge >= 0.3 is 0 Å². The van der Waals surface area contributed by atoms with Gasteiger partial charge < -0.3 is 10.3 Å². The normalized spacial score (nSPS) is 20.9. The van der Waals surface area contributed by atoms with Crippen LogP contribution in [0.1, 0.15) is 12.8 Å². The van der Waals surface area contributed by atoms with Crippen LogP contribution in [0.5, 0.6) is 0 Å². The predicted molar refractivity (Wildman–Crippen MR) is 85.5 cm³/mol. The largest absolute Gasteiger partial charge is 0.397 e. The SMILES string of the molecule is CS(=O)(=O)N1CCCC(Cn2ccc3cccc(N)c32)C1. The lowest BCUT2D eigenvalue weighted by atomic mass is 9.99. The third kappa shape index (κ3) is 2.91. The highest BCUT2D eigenvalue weighted by Crippen LogP contribution is 2.26. The van der Waals surface area contributed by atoms with Crippen LogP contribution in [0.3, 0.4) is 0 Å². The van der Waals surface area contributed by atoms with Crippen molar-refractivity contribution in [2.45, 2.75) is 19.4 Å². The van der Waals surface area contributed by atoms with E-state index in [-0.39, 0.29) is 0 Å². The molecule has 1 unspecified atom stereocenters. The lowest BCUT2D eigenvalue weighted by Gasteiger charge is -2.31. The van der Waals surface area contributed by atoms with Gasteiger partial charge in [0.05, 0.1) is 17.5 Å². The lowest BCUT2D eigenvalue weighted by molar-refractivity contribution is 0.248. The van der Waals surface area contributed by atoms with Crippen molar-refractivity contribution in [3.63, 3.8) is 0 Å². The summed E-state index contributed by atoms with van der Waals surface area (Å²) in [7, 11) is -3.09. The number of sulfonamides is 1. The van der Waals surface area contributed by atoms with E-state index in [9.17, 15) is 8.42 Å². The minimum Gasteiger partial charge on any atom is -0.397 e. The Morgan fingerprint density at radius 2 is 2.14 bits per heavy atom. The van der Waals surface area contributed by atoms with Crippen molar-refractivity contribution in [2.75, 3.05) is 25.1 Å². The second-order valence-corrected chi connectivity index (χ2v) is 7.86. The molecule has 0 radical (unpaired) electrons. The average Bonchev–Trinajstić information content (AvgIpc) is 2.83. The second-order valence-electron chi connectivity index (χ2n) is 5.88. The zero-order valence-electron chi connectivity index (χ0n) is 12.2. The van der Waals surface area contributed by atoms with Gasteiger partial charge in [0.25, 0.3) is 0 Å². The van der Waals surface area contributed by atoms with Crippen LogP contribution >= 0.6 is 0 Å². The Kier molecular flexibility index (Phi) is 3.67. The summed E-state index contributed by atoms with van der Waals surface area (Å²) in [5, 5.41) is 1.13. The summed E-state index contributed by atoms with van der Waals surface area (Å²) >= 11 is 0. The van der Waals surface area contributed by atoms with Gasteiger partial charge in [-0.25, -0.2) is 12.7 Å². The maximum absolute atomic E-state index is 11.7. The van der Waals surface area contributed by atoms with Gasteiger partial charge in [-0.2, -0.15) is 0 Å². The third-order valence-corrected chi connectivity index (χ3v) is 5.50. The number of nitrogens with two attached hydrogens (primary N) is 1. The van der Waals surface area contributed by atoms with Crippen molar-refractivity contribution >= 4 is 26.6 Å². The molecule has 2 N–H and O–H groups in total. The van der Waals surface area contributed by atoms with E-state index in [4.69, 9.17) is 5.73 Å². The minimum absolute atomic E-state index is 0.337. The van der Waals surface area contributed by atoms with Crippen LogP contribution in [0.4, 0.5) is 5.69 Å². The maximum Gasteiger partial charge on any atom is 0.211 e. The number of nitrogens with zero attached hydrogens (tertiary/aromatic N) is 2. The Morgan fingerprint density at radius 3 is 2.90 bits per heavy atom. The lowest BCUT2D eigenvalue weighted by Crippen LogP contribution is -2.40. The monoisotopic (exact) mass is 307 g/mol. The molecule has 5 nitrogen and oxygen atoms in total. The number of benzene rings is 1. The standard InChI is InChI=1S/C15H21N3O2S/c1-21(19,20)18-8-3-4-12(11-18)10-17-9-7-13-5-2-6-14(16)15(13)17/h2,5-7,9,12H,3-4,8,10-11,16H2,1H3. The van der Waals surface area contributed by atoms with Gasteiger partial charge in [-0.3, -0.25) is 0 Å². The first-order chi connectivity index (χ1) is 9.95. The Labute approximate surface area is 125 Å². The number of hydrogen-bond acceptors (Lipinski definition) is 3. The fourth-order valence-electron chi connectivity index (χ4n) is 3.20. The molecule has 21 heavy (non-hydrogen) atoms. The average molecular weight is 307 g/mol. The molecule has 114 valence electrons. The van der Waals surface area contributed by atoms with Crippen molar-refractivity contribution in [3.8, 4) is 0 Å². The van der Waals surface area contributed by atoms with Crippen molar-refractivity contribution in [1.82, 2.24) is 8.87 Å². The molecule has 0 bridgehead atoms. The molecule has 0 aliphatic carbocycles. The first-order valence-electron chi connectivity index (χ1n) is 7.23. The van der Waals surface area contributed by atoms with Crippen LogP contribution in [0.25, 0.3) is 10.9 Å². The van der Waals surface area contributed by atoms with Gasteiger partial charge in [0.1, 0.15) is 0 Å². The fraction of sp³-hybridized carbons (Fsp3) is 0.467. The summed E-state index contributed by atoms with van der Waals surface area (Å²) in [6, 6.07) is 7.96. The van der Waals surface area contributed by atoms with Gasteiger partial charge in [0, 0.05) is 31.2 Å². The van der Waals surface area contributed by atoms with E-state index >= 15 is 0 Å². The van der Waals surface area contributed by atoms with Crippen molar-refractivity contribution in [1.29, 1.82) is 0 Å². The molecule has 1 aromatic carbocycles. The Bertz CT molecular complexity index is 751. The zero-order chi connectivity index (χ0) is 15.0. The first-order valence-corrected chi connectivity index (χ1v) is 9.08. The van der Waals surface area contributed by atoms with Crippen LogP contribution in [0.15, 0.2) is 30.5 Å². The third-order valence-electron chi connectivity index (χ3n) is 4.23. The highest BCUT2D eigenvalue weighted by molar-refractivity contribution is 7.88. The summed E-state index contributed by atoms with van der Waals surface area (Å²) < 4.78 is 27.1. The van der Waals surface area contributed by atoms with E-state index in [1.165, 1.54) is 6.26 Å². The molecule has 0 amide bonds. The minimum atomic E-state index is -3.09. The van der Waals surface area contributed by atoms with Gasteiger partial charge in [-0.05, 0) is 30.9 Å². The molecule has 0 saturated carbocycles. The van der Waals surface area contributed by atoms with Crippen molar-refractivity contribution in [2.24, 2.45) is 5.92 Å². The number of rotatable bonds is 3. The molecule has 1 aliphatic heterocycles. The van der Waals surface area contributed by atoms with E-state index in [0.717, 1.165) is 36.0 Å². The van der Waals surface area contributed by atoms with Gasteiger partial charge in [0.2, 0.25) is 10.0 Å². The summed E-state index contributed by atoms with van der Waals surface area (Å²) in [6.07, 6.45) is 5.31. The number of para-hydroxylation sites is 1. The fourth-order valence-corrected chi connectivity index (χ4v) is 4.14. The predicted octanol–water partition coefficient (Wildman–Crippen LogP) is 1.90. The molecule has 1 aromatic heterocycles. The summed E-state index contributed by atoms with van der Waals surface area (Å²) in [5.74, 6) is 0.337. The number of anilines is 1. The number of fused-ring (bicyclic) bond motifs is 1. The second kappa shape index (κ2) is 5.35. The Balaban J connectivity index is 1.82. The molecule has 1 aliphatic rings. The van der Waals surface area contributed by atoms with E-state index in [0.29, 0.717) is 19.0 Å². The molecule has 0 spiro atoms. The zero-order valence-corrected chi connectivity index (χ0v) is 13.0. The smallest absolute Gasteiger partial charge is 0.211 e. The summed E-state index contributed by atoms with van der Waals surface area (Å²) in [6.45, 7) is 2.05. The van der Waals surface area contributed by atoms with E-state index in [2.05, 4.69) is 10.6 Å². The van der Waals surface area contributed by atoms with Crippen molar-refractivity contribution in [3.05, 3.63) is 30.5 Å². The molecule has 1 atom stereocenters.